The highest BCUT2D eigenvalue weighted by Crippen LogP contribution is 2.06. The molecule has 1 amide bonds. The molecule has 126 valence electrons. The second kappa shape index (κ2) is 8.65. The van der Waals surface area contributed by atoms with Crippen LogP contribution in [0, 0.1) is 0 Å². The molecule has 0 aliphatic rings. The summed E-state index contributed by atoms with van der Waals surface area (Å²) in [6.07, 6.45) is 6.73. The molecule has 0 aliphatic carbocycles. The molecule has 3 rings (SSSR count). The van der Waals surface area contributed by atoms with Gasteiger partial charge in [0.25, 0.3) is 5.91 Å². The number of carbonyl (C=O) groups is 1. The number of nitrogens with zero attached hydrogens (tertiary/aromatic N) is 4. The van der Waals surface area contributed by atoms with Gasteiger partial charge in [0.1, 0.15) is 0 Å². The first-order valence-electron chi connectivity index (χ1n) is 8.01. The summed E-state index contributed by atoms with van der Waals surface area (Å²) in [7, 11) is 0. The maximum Gasteiger partial charge on any atom is 0.253 e. The van der Waals surface area contributed by atoms with Gasteiger partial charge in [-0.2, -0.15) is 0 Å². The minimum Gasteiger partial charge on any atom is -0.339 e. The Morgan fingerprint density at radius 3 is 2.08 bits per heavy atom. The zero-order chi connectivity index (χ0) is 17.3. The number of hydrogen-bond acceptors (Lipinski definition) is 5. The van der Waals surface area contributed by atoms with E-state index >= 15 is 0 Å². The normalized spacial score (nSPS) is 10.6. The lowest BCUT2D eigenvalue weighted by Crippen LogP contribution is -2.37. The lowest BCUT2D eigenvalue weighted by molar-refractivity contribution is 0.0914. The Kier molecular flexibility index (Phi) is 5.79. The molecule has 0 bridgehead atoms. The lowest BCUT2D eigenvalue weighted by atomic mass is 10.2. The van der Waals surface area contributed by atoms with Crippen LogP contribution in [0.15, 0.2) is 73.3 Å². The third-order valence-electron chi connectivity index (χ3n) is 3.61. The largest absolute Gasteiger partial charge is 0.339 e. The molecular formula is C19H19N5O. The first kappa shape index (κ1) is 16.7. The van der Waals surface area contributed by atoms with Crippen LogP contribution in [-0.4, -0.2) is 32.4 Å². The van der Waals surface area contributed by atoms with E-state index in [1.54, 1.807) is 36.9 Å². The molecule has 0 atom stereocenters. The molecule has 1 N–H and O–H groups in total. The fourth-order valence-corrected chi connectivity index (χ4v) is 2.39. The van der Waals surface area contributed by atoms with Gasteiger partial charge in [0, 0.05) is 37.9 Å². The van der Waals surface area contributed by atoms with E-state index in [1.165, 1.54) is 0 Å². The van der Waals surface area contributed by atoms with E-state index in [4.69, 9.17) is 0 Å². The van der Waals surface area contributed by atoms with E-state index < -0.39 is 0 Å². The van der Waals surface area contributed by atoms with Crippen molar-refractivity contribution < 1.29 is 4.79 Å². The van der Waals surface area contributed by atoms with Crippen molar-refractivity contribution in [3.8, 4) is 0 Å². The molecule has 3 aromatic heterocycles. The molecule has 3 heterocycles. The molecule has 0 aromatic carbocycles. The summed E-state index contributed by atoms with van der Waals surface area (Å²) in [5, 5.41) is 2.93. The van der Waals surface area contributed by atoms with E-state index in [2.05, 4.69) is 25.2 Å². The van der Waals surface area contributed by atoms with Crippen molar-refractivity contribution in [2.45, 2.75) is 13.1 Å². The summed E-state index contributed by atoms with van der Waals surface area (Å²) in [5.74, 6) is -0.153. The molecule has 0 saturated heterocycles. The summed E-state index contributed by atoms with van der Waals surface area (Å²) in [4.78, 5) is 27.0. The van der Waals surface area contributed by atoms with Crippen molar-refractivity contribution in [3.63, 3.8) is 0 Å². The van der Waals surface area contributed by atoms with Gasteiger partial charge in [-0.25, -0.2) is 0 Å². The Morgan fingerprint density at radius 2 is 1.56 bits per heavy atom. The Morgan fingerprint density at radius 1 is 0.880 bits per heavy atom. The second-order valence-corrected chi connectivity index (χ2v) is 5.53. The number of carbonyl (C=O) groups excluding carboxylic acids is 1. The summed E-state index contributed by atoms with van der Waals surface area (Å²) in [5.41, 5.74) is 2.42. The maximum absolute atomic E-state index is 12.2. The molecule has 25 heavy (non-hydrogen) atoms. The fraction of sp³-hybridized carbons (Fsp3) is 0.158. The maximum atomic E-state index is 12.2. The number of amides is 1. The van der Waals surface area contributed by atoms with E-state index in [0.717, 1.165) is 11.4 Å². The fourth-order valence-electron chi connectivity index (χ4n) is 2.39. The smallest absolute Gasteiger partial charge is 0.253 e. The molecule has 0 unspecified atom stereocenters. The van der Waals surface area contributed by atoms with Crippen LogP contribution < -0.4 is 5.32 Å². The highest BCUT2D eigenvalue weighted by molar-refractivity contribution is 5.93. The molecule has 6 nitrogen and oxygen atoms in total. The molecule has 3 aromatic rings. The summed E-state index contributed by atoms with van der Waals surface area (Å²) >= 11 is 0. The zero-order valence-electron chi connectivity index (χ0n) is 13.7. The Labute approximate surface area is 146 Å². The van der Waals surface area contributed by atoms with Crippen molar-refractivity contribution in [1.82, 2.24) is 25.2 Å². The SMILES string of the molecule is O=C(NCN(Cc1ccccn1)Cc1ccccn1)c1cccnc1. The monoisotopic (exact) mass is 333 g/mol. The minimum atomic E-state index is -0.153. The zero-order valence-corrected chi connectivity index (χ0v) is 13.7. The average Bonchev–Trinajstić information content (AvgIpc) is 2.68. The quantitative estimate of drug-likeness (QED) is 0.672. The van der Waals surface area contributed by atoms with E-state index in [-0.39, 0.29) is 5.91 Å². The lowest BCUT2D eigenvalue weighted by Gasteiger charge is -2.22. The first-order chi connectivity index (χ1) is 12.3. The first-order valence-corrected chi connectivity index (χ1v) is 8.01. The predicted molar refractivity (Wildman–Crippen MR) is 94.3 cm³/mol. The Hall–Kier alpha value is -3.12. The standard InChI is InChI=1S/C19H19N5O/c25-19(16-6-5-9-20-12-16)23-15-24(13-17-7-1-3-10-21-17)14-18-8-2-4-11-22-18/h1-12H,13-15H2,(H,23,25). The van der Waals surface area contributed by atoms with Gasteiger partial charge in [-0.05, 0) is 36.4 Å². The van der Waals surface area contributed by atoms with E-state index in [0.29, 0.717) is 25.3 Å². The van der Waals surface area contributed by atoms with Crippen molar-refractivity contribution in [3.05, 3.63) is 90.3 Å². The van der Waals surface area contributed by atoms with Crippen LogP contribution in [0.5, 0.6) is 0 Å². The highest BCUT2D eigenvalue weighted by Gasteiger charge is 2.11. The van der Waals surface area contributed by atoms with Crippen LogP contribution in [0.4, 0.5) is 0 Å². The number of aromatic nitrogens is 3. The number of pyridine rings is 3. The molecule has 0 aliphatic heterocycles. The molecule has 6 heteroatoms. The van der Waals surface area contributed by atoms with Gasteiger partial charge in [0.2, 0.25) is 0 Å². The van der Waals surface area contributed by atoms with Gasteiger partial charge in [-0.1, -0.05) is 12.1 Å². The van der Waals surface area contributed by atoms with Crippen molar-refractivity contribution >= 4 is 5.91 Å². The molecule has 0 saturated carbocycles. The van der Waals surface area contributed by atoms with Gasteiger partial charge >= 0.3 is 0 Å². The summed E-state index contributed by atoms with van der Waals surface area (Å²) in [6, 6.07) is 15.1. The van der Waals surface area contributed by atoms with Crippen molar-refractivity contribution in [2.75, 3.05) is 6.67 Å². The van der Waals surface area contributed by atoms with Gasteiger partial charge in [0.15, 0.2) is 0 Å². The molecule has 0 fully saturated rings. The van der Waals surface area contributed by atoms with Crippen LogP contribution in [0.3, 0.4) is 0 Å². The van der Waals surface area contributed by atoms with Gasteiger partial charge in [0.05, 0.1) is 23.6 Å². The van der Waals surface area contributed by atoms with Crippen LogP contribution in [0.1, 0.15) is 21.7 Å². The number of hydrogen-bond donors (Lipinski definition) is 1. The van der Waals surface area contributed by atoms with Crippen LogP contribution in [0.25, 0.3) is 0 Å². The Balaban J connectivity index is 1.66. The third kappa shape index (κ3) is 5.19. The van der Waals surface area contributed by atoms with Crippen LogP contribution >= 0.6 is 0 Å². The topological polar surface area (TPSA) is 71.0 Å². The number of rotatable bonds is 7. The second-order valence-electron chi connectivity index (χ2n) is 5.53. The summed E-state index contributed by atoms with van der Waals surface area (Å²) in [6.45, 7) is 1.62. The molecule has 0 spiro atoms. The molecule has 0 radical (unpaired) electrons. The third-order valence-corrected chi connectivity index (χ3v) is 3.61. The average molecular weight is 333 g/mol. The molecular weight excluding hydrogens is 314 g/mol. The Bertz CT molecular complexity index is 739. The van der Waals surface area contributed by atoms with Crippen molar-refractivity contribution in [2.24, 2.45) is 0 Å². The summed E-state index contributed by atoms with van der Waals surface area (Å²) < 4.78 is 0. The van der Waals surface area contributed by atoms with E-state index in [1.807, 2.05) is 36.4 Å². The number of nitrogens with one attached hydrogen (secondary N) is 1. The highest BCUT2D eigenvalue weighted by atomic mass is 16.1. The van der Waals surface area contributed by atoms with Crippen molar-refractivity contribution in [1.29, 1.82) is 0 Å². The van der Waals surface area contributed by atoms with Gasteiger partial charge in [-0.3, -0.25) is 24.6 Å². The van der Waals surface area contributed by atoms with Crippen LogP contribution in [-0.2, 0) is 13.1 Å². The van der Waals surface area contributed by atoms with Crippen LogP contribution in [0.2, 0.25) is 0 Å². The minimum absolute atomic E-state index is 0.153. The van der Waals surface area contributed by atoms with Gasteiger partial charge in [-0.15, -0.1) is 0 Å². The predicted octanol–water partition coefficient (Wildman–Crippen LogP) is 2.26. The van der Waals surface area contributed by atoms with E-state index in [9.17, 15) is 4.79 Å². The van der Waals surface area contributed by atoms with Gasteiger partial charge < -0.3 is 5.32 Å².